The first-order valence-electron chi connectivity index (χ1n) is 20.6. The van der Waals surface area contributed by atoms with Crippen molar-refractivity contribution in [1.82, 2.24) is 10.2 Å². The number of rotatable bonds is 7. The Labute approximate surface area is 313 Å². The van der Waals surface area contributed by atoms with Crippen molar-refractivity contribution in [2.24, 2.45) is 56.2 Å². The molecule has 0 aromatic heterocycles. The van der Waals surface area contributed by atoms with Gasteiger partial charge in [-0.25, -0.2) is 0 Å². The molecule has 1 heterocycles. The van der Waals surface area contributed by atoms with Crippen LogP contribution in [0.4, 0.5) is 0 Å². The van der Waals surface area contributed by atoms with Gasteiger partial charge >= 0.3 is 5.97 Å². The van der Waals surface area contributed by atoms with E-state index >= 15 is 0 Å². The van der Waals surface area contributed by atoms with E-state index in [9.17, 15) is 24.0 Å². The molecule has 8 nitrogen and oxygen atoms in total. The fraction of sp³-hybridized carbons (Fsp3) is 0.841. The van der Waals surface area contributed by atoms with E-state index in [-0.39, 0.29) is 81.4 Å². The number of carbonyl (C=O) groups is 5. The van der Waals surface area contributed by atoms with Crippen LogP contribution in [0.15, 0.2) is 11.1 Å². The molecule has 2 unspecified atom stereocenters. The molecule has 0 aromatic carbocycles. The van der Waals surface area contributed by atoms with E-state index < -0.39 is 10.8 Å². The molecular formula is C44H68N2O6. The Balaban J connectivity index is 1.28. The molecule has 1 aliphatic heterocycles. The maximum absolute atomic E-state index is 14.9. The van der Waals surface area contributed by atoms with Gasteiger partial charge in [0.15, 0.2) is 5.78 Å². The molecule has 8 heteroatoms. The molecule has 0 aromatic rings. The molecule has 5 aliphatic carbocycles. The summed E-state index contributed by atoms with van der Waals surface area (Å²) in [6, 6.07) is 0.0952. The normalized spacial score (nSPS) is 38.9. The zero-order valence-electron chi connectivity index (χ0n) is 34.3. The SMILES string of the molecule is CC(=O)NC1CCN(C(=O)[C@@]23CC[C@]4(C)[C@H](CCC5[C@@]6(C)CC[C@H](OC(=O)CC(C)(C)C(C)=O)C(C)(C)C6CC[C@]54C)C2=C(C(C)C)C(=O)C3)CC1. The number of hydrogen-bond donors (Lipinski definition) is 1. The van der Waals surface area contributed by atoms with Crippen LogP contribution in [0, 0.1) is 56.2 Å². The third kappa shape index (κ3) is 5.85. The third-order valence-corrected chi connectivity index (χ3v) is 16.8. The van der Waals surface area contributed by atoms with Crippen LogP contribution in [0.1, 0.15) is 153 Å². The van der Waals surface area contributed by atoms with Crippen molar-refractivity contribution < 1.29 is 28.7 Å². The topological polar surface area (TPSA) is 110 Å². The van der Waals surface area contributed by atoms with Crippen molar-refractivity contribution >= 4 is 29.4 Å². The molecule has 1 N–H and O–H groups in total. The first-order valence-corrected chi connectivity index (χ1v) is 20.6. The van der Waals surface area contributed by atoms with Crippen molar-refractivity contribution in [2.45, 2.75) is 165 Å². The fourth-order valence-electron chi connectivity index (χ4n) is 13.6. The lowest BCUT2D eigenvalue weighted by atomic mass is 9.33. The molecule has 8 atom stereocenters. The van der Waals surface area contributed by atoms with Gasteiger partial charge in [0.1, 0.15) is 11.9 Å². The standard InChI is InChI=1S/C44H68N2O6/c1-26(2)36-31(49)24-44(38(51)46-22-16-29(17-23-46)45-28(4)48)21-20-42(10)30(37(36)44)12-13-33-41(9)18-15-34(52-35(50)25-39(5,6)27(3)47)40(7,8)32(41)14-19-43(33,42)11/h26,29-30,32-34H,12-25H2,1-11H3,(H,45,48)/t30-,32?,33?,34+,41+,42-,43-,44-/m1/s1. The van der Waals surface area contributed by atoms with Crippen molar-refractivity contribution in [3.05, 3.63) is 11.1 Å². The highest BCUT2D eigenvalue weighted by Crippen LogP contribution is 2.77. The van der Waals surface area contributed by atoms with Crippen LogP contribution in [0.3, 0.4) is 0 Å². The average Bonchev–Trinajstić information content (AvgIpc) is 3.35. The van der Waals surface area contributed by atoms with Crippen molar-refractivity contribution in [3.8, 4) is 0 Å². The van der Waals surface area contributed by atoms with Gasteiger partial charge in [-0.05, 0) is 122 Å². The van der Waals surface area contributed by atoms with E-state index in [0.717, 1.165) is 69.8 Å². The van der Waals surface area contributed by atoms with E-state index in [1.165, 1.54) is 5.57 Å². The molecule has 4 saturated carbocycles. The summed E-state index contributed by atoms with van der Waals surface area (Å²) in [5, 5.41) is 3.04. The van der Waals surface area contributed by atoms with Crippen molar-refractivity contribution in [3.63, 3.8) is 0 Å². The van der Waals surface area contributed by atoms with Gasteiger partial charge in [0.05, 0.1) is 11.8 Å². The van der Waals surface area contributed by atoms with Crippen LogP contribution in [-0.4, -0.2) is 59.5 Å². The lowest BCUT2D eigenvalue weighted by Gasteiger charge is -2.72. The maximum Gasteiger partial charge on any atom is 0.307 e. The van der Waals surface area contributed by atoms with Crippen LogP contribution < -0.4 is 5.32 Å². The van der Waals surface area contributed by atoms with Crippen LogP contribution in [0.2, 0.25) is 0 Å². The molecule has 6 rings (SSSR count). The van der Waals surface area contributed by atoms with Gasteiger partial charge in [0, 0.05) is 43.3 Å². The fourth-order valence-corrected chi connectivity index (χ4v) is 13.6. The van der Waals surface area contributed by atoms with E-state index in [4.69, 9.17) is 4.74 Å². The Hall–Kier alpha value is -2.51. The Morgan fingerprint density at radius 2 is 1.50 bits per heavy atom. The molecule has 2 amide bonds. The lowest BCUT2D eigenvalue weighted by molar-refractivity contribution is -0.233. The smallest absolute Gasteiger partial charge is 0.307 e. The van der Waals surface area contributed by atoms with Crippen LogP contribution >= 0.6 is 0 Å². The molecule has 0 bridgehead atoms. The maximum atomic E-state index is 14.9. The summed E-state index contributed by atoms with van der Waals surface area (Å²) >= 11 is 0. The van der Waals surface area contributed by atoms with Crippen molar-refractivity contribution in [2.75, 3.05) is 13.1 Å². The van der Waals surface area contributed by atoms with E-state index in [0.29, 0.717) is 31.3 Å². The van der Waals surface area contributed by atoms with Gasteiger partial charge < -0.3 is 15.0 Å². The van der Waals surface area contributed by atoms with E-state index in [1.54, 1.807) is 13.8 Å². The second-order valence-electron chi connectivity index (χ2n) is 20.5. The highest BCUT2D eigenvalue weighted by atomic mass is 16.5. The molecular weight excluding hydrogens is 652 g/mol. The Kier molecular flexibility index (Phi) is 9.85. The van der Waals surface area contributed by atoms with Gasteiger partial charge in [0.25, 0.3) is 0 Å². The summed E-state index contributed by atoms with van der Waals surface area (Å²) in [4.78, 5) is 68.1. The number of Topliss-reactive ketones (excluding diaryl/α,β-unsaturated/α-hetero) is 2. The number of esters is 1. The Morgan fingerprint density at radius 3 is 2.10 bits per heavy atom. The zero-order chi connectivity index (χ0) is 38.4. The number of nitrogens with one attached hydrogen (secondary N) is 1. The number of fused-ring (bicyclic) bond motifs is 7. The Morgan fingerprint density at radius 1 is 0.846 bits per heavy atom. The second-order valence-corrected chi connectivity index (χ2v) is 20.5. The highest BCUT2D eigenvalue weighted by molar-refractivity contribution is 6.07. The van der Waals surface area contributed by atoms with Gasteiger partial charge in [0.2, 0.25) is 11.8 Å². The quantitative estimate of drug-likeness (QED) is 0.267. The molecule has 6 aliphatic rings. The third-order valence-electron chi connectivity index (χ3n) is 16.8. The summed E-state index contributed by atoms with van der Waals surface area (Å²) in [6.45, 7) is 24.5. The number of allylic oxidation sites excluding steroid dienone is 1. The Bertz CT molecular complexity index is 1550. The molecule has 290 valence electrons. The first kappa shape index (κ1) is 39.2. The number of piperidine rings is 1. The number of likely N-dealkylation sites (tertiary alicyclic amines) is 1. The molecule has 5 fully saturated rings. The average molecular weight is 721 g/mol. The van der Waals surface area contributed by atoms with E-state index in [1.807, 2.05) is 18.7 Å². The van der Waals surface area contributed by atoms with Gasteiger partial charge in [-0.3, -0.25) is 24.0 Å². The monoisotopic (exact) mass is 721 g/mol. The molecule has 0 radical (unpaired) electrons. The number of ether oxygens (including phenoxy) is 1. The number of nitrogens with zero attached hydrogens (tertiary/aromatic N) is 1. The lowest BCUT2D eigenvalue weighted by Crippen LogP contribution is -2.66. The second kappa shape index (κ2) is 13.1. The predicted octanol–water partition coefficient (Wildman–Crippen LogP) is 8.01. The van der Waals surface area contributed by atoms with Gasteiger partial charge in [-0.2, -0.15) is 0 Å². The van der Waals surface area contributed by atoms with Crippen LogP contribution in [-0.2, 0) is 28.7 Å². The van der Waals surface area contributed by atoms with Crippen molar-refractivity contribution in [1.29, 1.82) is 0 Å². The number of hydrogen-bond acceptors (Lipinski definition) is 6. The van der Waals surface area contributed by atoms with Crippen LogP contribution in [0.5, 0.6) is 0 Å². The molecule has 0 spiro atoms. The summed E-state index contributed by atoms with van der Waals surface area (Å²) in [5.74, 6) is 1.19. The molecule has 1 saturated heterocycles. The first-order chi connectivity index (χ1) is 24.0. The summed E-state index contributed by atoms with van der Waals surface area (Å²) in [6.07, 6.45) is 9.46. The van der Waals surface area contributed by atoms with Gasteiger partial charge in [-0.1, -0.05) is 62.3 Å². The minimum absolute atomic E-state index is 0.00139. The number of ketones is 2. The summed E-state index contributed by atoms with van der Waals surface area (Å²) < 4.78 is 6.27. The van der Waals surface area contributed by atoms with Gasteiger partial charge in [-0.15, -0.1) is 0 Å². The molecule has 52 heavy (non-hydrogen) atoms. The predicted molar refractivity (Wildman–Crippen MR) is 202 cm³/mol. The summed E-state index contributed by atoms with van der Waals surface area (Å²) in [5.41, 5.74) is 0.545. The number of amides is 2. The minimum Gasteiger partial charge on any atom is -0.462 e. The zero-order valence-corrected chi connectivity index (χ0v) is 34.3. The van der Waals surface area contributed by atoms with E-state index in [2.05, 4.69) is 53.8 Å². The largest absolute Gasteiger partial charge is 0.462 e. The highest BCUT2D eigenvalue weighted by Gasteiger charge is 2.71. The summed E-state index contributed by atoms with van der Waals surface area (Å²) in [7, 11) is 0. The minimum atomic E-state index is -0.743. The van der Waals surface area contributed by atoms with Crippen LogP contribution in [0.25, 0.3) is 0 Å². The number of carbonyl (C=O) groups excluding carboxylic acids is 5.